The Morgan fingerprint density at radius 3 is 2.72 bits per heavy atom. The second kappa shape index (κ2) is 10.1. The summed E-state index contributed by atoms with van der Waals surface area (Å²) < 4.78 is 5.75. The average Bonchev–Trinajstić information content (AvgIpc) is 3.15. The molecule has 3 rings (SSSR count). The highest BCUT2D eigenvalue weighted by molar-refractivity contribution is 7.09. The first-order chi connectivity index (χ1) is 11.2. The number of rotatable bonds is 4. The van der Waals surface area contributed by atoms with Crippen LogP contribution in [0.15, 0.2) is 41.9 Å². The minimum absolute atomic E-state index is 0. The number of hydrogen-bond donors (Lipinski definition) is 1. The molecular formula is C17H23Cl2N3O2S. The van der Waals surface area contributed by atoms with Crippen LogP contribution in [0.25, 0.3) is 0 Å². The number of thiazole rings is 1. The molecule has 0 radical (unpaired) electrons. The first kappa shape index (κ1) is 21.9. The van der Waals surface area contributed by atoms with Crippen molar-refractivity contribution in [2.75, 3.05) is 19.7 Å². The van der Waals surface area contributed by atoms with Gasteiger partial charge in [0.1, 0.15) is 11.1 Å². The van der Waals surface area contributed by atoms with Gasteiger partial charge in [-0.3, -0.25) is 4.79 Å². The summed E-state index contributed by atoms with van der Waals surface area (Å²) in [5, 5.41) is 2.84. The van der Waals surface area contributed by atoms with E-state index in [9.17, 15) is 4.79 Å². The Labute approximate surface area is 164 Å². The molecule has 1 aliphatic heterocycles. The molecule has 3 atom stereocenters. The molecule has 0 aliphatic carbocycles. The van der Waals surface area contributed by atoms with Crippen molar-refractivity contribution in [3.8, 4) is 0 Å². The van der Waals surface area contributed by atoms with Gasteiger partial charge in [-0.05, 0) is 5.56 Å². The van der Waals surface area contributed by atoms with Crippen LogP contribution in [0.5, 0.6) is 0 Å². The van der Waals surface area contributed by atoms with Crippen molar-refractivity contribution >= 4 is 42.1 Å². The quantitative estimate of drug-likeness (QED) is 0.850. The van der Waals surface area contributed by atoms with Crippen molar-refractivity contribution < 1.29 is 9.53 Å². The van der Waals surface area contributed by atoms with Crippen LogP contribution in [0, 0.1) is 5.92 Å². The maximum absolute atomic E-state index is 12.8. The smallest absolute Gasteiger partial charge is 0.227 e. The van der Waals surface area contributed by atoms with Crippen LogP contribution in [-0.2, 0) is 9.53 Å². The maximum atomic E-state index is 12.8. The Morgan fingerprint density at radius 1 is 1.36 bits per heavy atom. The second-order valence-corrected chi connectivity index (χ2v) is 6.67. The highest BCUT2D eigenvalue weighted by Crippen LogP contribution is 2.27. The number of carbonyl (C=O) groups excluding carboxylic acids is 1. The zero-order chi connectivity index (χ0) is 16.2. The van der Waals surface area contributed by atoms with Gasteiger partial charge in [-0.25, -0.2) is 4.98 Å². The maximum Gasteiger partial charge on any atom is 0.227 e. The Morgan fingerprint density at radius 2 is 2.08 bits per heavy atom. The number of halogens is 2. The third-order valence-corrected chi connectivity index (χ3v) is 5.09. The number of hydrogen-bond acceptors (Lipinski definition) is 5. The highest BCUT2D eigenvalue weighted by atomic mass is 35.5. The molecule has 25 heavy (non-hydrogen) atoms. The van der Waals surface area contributed by atoms with Crippen LogP contribution in [0.1, 0.15) is 29.6 Å². The molecule has 1 fully saturated rings. The molecule has 5 nitrogen and oxygen atoms in total. The molecule has 1 amide bonds. The van der Waals surface area contributed by atoms with Gasteiger partial charge in [0, 0.05) is 24.2 Å². The lowest BCUT2D eigenvalue weighted by molar-refractivity contribution is -0.143. The van der Waals surface area contributed by atoms with Gasteiger partial charge < -0.3 is 15.4 Å². The van der Waals surface area contributed by atoms with Crippen molar-refractivity contribution in [3.05, 3.63) is 52.5 Å². The Hall–Kier alpha value is -1.18. The van der Waals surface area contributed by atoms with Gasteiger partial charge in [0.25, 0.3) is 0 Å². The molecule has 0 bridgehead atoms. The van der Waals surface area contributed by atoms with E-state index < -0.39 is 0 Å². The van der Waals surface area contributed by atoms with E-state index in [0.717, 1.165) is 10.6 Å². The van der Waals surface area contributed by atoms with E-state index in [2.05, 4.69) is 4.98 Å². The minimum Gasteiger partial charge on any atom is -0.367 e. The van der Waals surface area contributed by atoms with Crippen molar-refractivity contribution in [2.45, 2.75) is 19.1 Å². The van der Waals surface area contributed by atoms with Gasteiger partial charge in [0.05, 0.1) is 19.1 Å². The lowest BCUT2D eigenvalue weighted by atomic mass is 9.94. The molecule has 138 valence electrons. The summed E-state index contributed by atoms with van der Waals surface area (Å²) in [7, 11) is 0. The zero-order valence-corrected chi connectivity index (χ0v) is 16.4. The zero-order valence-electron chi connectivity index (χ0n) is 13.9. The van der Waals surface area contributed by atoms with Crippen molar-refractivity contribution in [1.82, 2.24) is 9.88 Å². The van der Waals surface area contributed by atoms with Crippen molar-refractivity contribution in [2.24, 2.45) is 11.7 Å². The summed E-state index contributed by atoms with van der Waals surface area (Å²) in [5.41, 5.74) is 7.27. The number of benzene rings is 1. The van der Waals surface area contributed by atoms with Crippen LogP contribution in [-0.4, -0.2) is 35.5 Å². The van der Waals surface area contributed by atoms with E-state index in [1.807, 2.05) is 47.5 Å². The van der Waals surface area contributed by atoms with E-state index >= 15 is 0 Å². The van der Waals surface area contributed by atoms with Crippen LogP contribution >= 0.6 is 36.2 Å². The van der Waals surface area contributed by atoms with Gasteiger partial charge in [-0.2, -0.15) is 0 Å². The molecule has 1 aromatic carbocycles. The summed E-state index contributed by atoms with van der Waals surface area (Å²) in [6.07, 6.45) is 1.63. The minimum atomic E-state index is -0.301. The van der Waals surface area contributed by atoms with Crippen LogP contribution in [0.3, 0.4) is 0 Å². The fourth-order valence-electron chi connectivity index (χ4n) is 2.80. The largest absolute Gasteiger partial charge is 0.367 e. The third kappa shape index (κ3) is 5.15. The molecule has 1 saturated heterocycles. The topological polar surface area (TPSA) is 68.5 Å². The van der Waals surface area contributed by atoms with E-state index in [0.29, 0.717) is 19.7 Å². The number of nitrogens with two attached hydrogens (primary N) is 1. The van der Waals surface area contributed by atoms with Gasteiger partial charge in [-0.15, -0.1) is 36.2 Å². The van der Waals surface area contributed by atoms with Crippen LogP contribution in [0.2, 0.25) is 0 Å². The third-order valence-electron chi connectivity index (χ3n) is 4.22. The van der Waals surface area contributed by atoms with E-state index in [-0.39, 0.29) is 48.8 Å². The summed E-state index contributed by atoms with van der Waals surface area (Å²) in [6, 6.07) is 9.46. The first-order valence-corrected chi connectivity index (χ1v) is 8.65. The number of aromatic nitrogens is 1. The van der Waals surface area contributed by atoms with Gasteiger partial charge in [-0.1, -0.05) is 37.3 Å². The summed E-state index contributed by atoms with van der Waals surface area (Å²) in [4.78, 5) is 18.9. The number of morpholine rings is 1. The first-order valence-electron chi connectivity index (χ1n) is 7.77. The predicted octanol–water partition coefficient (Wildman–Crippen LogP) is 3.22. The average molecular weight is 404 g/mol. The number of nitrogens with zero attached hydrogens (tertiary/aromatic N) is 2. The highest BCUT2D eigenvalue weighted by Gasteiger charge is 2.31. The number of carbonyl (C=O) groups is 1. The van der Waals surface area contributed by atoms with E-state index in [4.69, 9.17) is 10.5 Å². The molecule has 1 aliphatic rings. The Kier molecular flexibility index (Phi) is 8.82. The summed E-state index contributed by atoms with van der Waals surface area (Å²) in [5.74, 6) is -0.196. The molecule has 1 aromatic heterocycles. The van der Waals surface area contributed by atoms with E-state index in [1.165, 1.54) is 0 Å². The van der Waals surface area contributed by atoms with Crippen molar-refractivity contribution in [1.29, 1.82) is 0 Å². The monoisotopic (exact) mass is 403 g/mol. The summed E-state index contributed by atoms with van der Waals surface area (Å²) in [6.45, 7) is 3.57. The molecule has 8 heteroatoms. The van der Waals surface area contributed by atoms with Gasteiger partial charge >= 0.3 is 0 Å². The normalized spacial score (nSPS) is 19.3. The Bertz CT molecular complexity index is 643. The molecule has 3 unspecified atom stereocenters. The number of ether oxygens (including phenoxy) is 1. The van der Waals surface area contributed by atoms with Gasteiger partial charge in [0.2, 0.25) is 5.91 Å². The molecule has 2 N–H and O–H groups in total. The SMILES string of the molecule is CC(C(=O)N1CCOC(c2nccs2)C1)C(N)c1ccccc1.Cl.Cl. The lowest BCUT2D eigenvalue weighted by Crippen LogP contribution is -2.46. The van der Waals surface area contributed by atoms with Crippen molar-refractivity contribution in [3.63, 3.8) is 0 Å². The lowest BCUT2D eigenvalue weighted by Gasteiger charge is -2.34. The number of amides is 1. The molecule has 2 heterocycles. The standard InChI is InChI=1S/C17H21N3O2S.2ClH/c1-12(15(18)13-5-3-2-4-6-13)17(21)20-8-9-22-14(11-20)16-19-7-10-23-16;;/h2-7,10,12,14-15H,8-9,11,18H2,1H3;2*1H. The molecule has 2 aromatic rings. The molecular weight excluding hydrogens is 381 g/mol. The Balaban J connectivity index is 0.00000156. The fraction of sp³-hybridized carbons (Fsp3) is 0.412. The molecule has 0 saturated carbocycles. The van der Waals surface area contributed by atoms with E-state index in [1.54, 1.807) is 17.5 Å². The van der Waals surface area contributed by atoms with Crippen LogP contribution in [0.4, 0.5) is 0 Å². The predicted molar refractivity (Wildman–Crippen MR) is 104 cm³/mol. The summed E-state index contributed by atoms with van der Waals surface area (Å²) >= 11 is 1.56. The van der Waals surface area contributed by atoms with Crippen LogP contribution < -0.4 is 5.73 Å². The molecule has 0 spiro atoms. The second-order valence-electron chi connectivity index (χ2n) is 5.74. The van der Waals surface area contributed by atoms with Gasteiger partial charge in [0.15, 0.2) is 0 Å². The fourth-order valence-corrected chi connectivity index (χ4v) is 3.48.